The maximum absolute atomic E-state index is 11.5. The molecule has 5 nitrogen and oxygen atoms in total. The van der Waals surface area contributed by atoms with Crippen molar-refractivity contribution >= 4 is 18.3 Å². The van der Waals surface area contributed by atoms with Gasteiger partial charge in [-0.05, 0) is 13.8 Å². The Morgan fingerprint density at radius 1 is 1.67 bits per heavy atom. The monoisotopic (exact) mass is 232 g/mol. The molecule has 1 aromatic rings. The van der Waals surface area contributed by atoms with Crippen LogP contribution in [0.3, 0.4) is 0 Å². The molecule has 0 aromatic carbocycles. The fraction of sp³-hybridized carbons (Fsp3) is 0.556. The third kappa shape index (κ3) is 4.31. The molecule has 0 fully saturated rings. The van der Waals surface area contributed by atoms with E-state index in [4.69, 9.17) is 5.73 Å². The summed E-state index contributed by atoms with van der Waals surface area (Å²) in [7, 11) is 0. The molecule has 0 aliphatic rings. The smallest absolute Gasteiger partial charge is 0.254 e. The van der Waals surface area contributed by atoms with Crippen LogP contribution in [0.4, 0.5) is 0 Å². The van der Waals surface area contributed by atoms with Gasteiger partial charge in [0.1, 0.15) is 0 Å². The largest absolute Gasteiger partial charge is 0.350 e. The van der Waals surface area contributed by atoms with Crippen molar-refractivity contribution in [3.05, 3.63) is 18.0 Å². The number of hydrogen-bond acceptors (Lipinski definition) is 3. The van der Waals surface area contributed by atoms with Crippen LogP contribution in [0.1, 0.15) is 24.2 Å². The molecule has 15 heavy (non-hydrogen) atoms. The number of aromatic nitrogens is 2. The van der Waals surface area contributed by atoms with E-state index in [0.717, 1.165) is 0 Å². The second kappa shape index (κ2) is 6.42. The zero-order valence-electron chi connectivity index (χ0n) is 8.93. The Balaban J connectivity index is 0.00000196. The predicted molar refractivity (Wildman–Crippen MR) is 61.1 cm³/mol. The number of carbonyl (C=O) groups excluding carboxylic acids is 1. The molecule has 0 radical (unpaired) electrons. The van der Waals surface area contributed by atoms with E-state index in [1.165, 1.54) is 0 Å². The topological polar surface area (TPSA) is 72.9 Å². The Bertz CT molecular complexity index is 311. The lowest BCUT2D eigenvalue weighted by Crippen LogP contribution is -2.29. The number of rotatable bonds is 4. The maximum atomic E-state index is 11.5. The fourth-order valence-electron chi connectivity index (χ4n) is 1.08. The van der Waals surface area contributed by atoms with Gasteiger partial charge in [-0.3, -0.25) is 9.48 Å². The highest BCUT2D eigenvalue weighted by atomic mass is 35.5. The van der Waals surface area contributed by atoms with Gasteiger partial charge in [-0.1, -0.05) is 0 Å². The van der Waals surface area contributed by atoms with E-state index in [2.05, 4.69) is 10.4 Å². The molecule has 86 valence electrons. The normalized spacial score (nSPS) is 9.87. The van der Waals surface area contributed by atoms with Gasteiger partial charge < -0.3 is 11.1 Å². The molecule has 0 unspecified atom stereocenters. The molecular weight excluding hydrogens is 216 g/mol. The molecule has 3 N–H and O–H groups in total. The van der Waals surface area contributed by atoms with Crippen molar-refractivity contribution in [2.24, 2.45) is 5.73 Å². The first-order chi connectivity index (χ1) is 6.63. The summed E-state index contributed by atoms with van der Waals surface area (Å²) in [4.78, 5) is 11.5. The summed E-state index contributed by atoms with van der Waals surface area (Å²) in [5, 5.41) is 6.80. The van der Waals surface area contributed by atoms with Gasteiger partial charge in [0.25, 0.3) is 5.91 Å². The summed E-state index contributed by atoms with van der Waals surface area (Å²) in [6.45, 7) is 4.99. The Kier molecular flexibility index (Phi) is 5.96. The molecule has 0 aliphatic carbocycles. The average Bonchev–Trinajstić information content (AvgIpc) is 2.52. The maximum Gasteiger partial charge on any atom is 0.254 e. The second-order valence-electron chi connectivity index (χ2n) is 3.41. The number of amides is 1. The van der Waals surface area contributed by atoms with Crippen LogP contribution in [0.5, 0.6) is 0 Å². The van der Waals surface area contributed by atoms with Crippen molar-refractivity contribution in [1.82, 2.24) is 15.1 Å². The summed E-state index contributed by atoms with van der Waals surface area (Å²) in [5.74, 6) is -0.0942. The first-order valence-electron chi connectivity index (χ1n) is 4.67. The number of nitrogens with two attached hydrogens (primary N) is 1. The van der Waals surface area contributed by atoms with Crippen molar-refractivity contribution in [1.29, 1.82) is 0 Å². The summed E-state index contributed by atoms with van der Waals surface area (Å²) in [6.07, 6.45) is 3.25. The zero-order valence-corrected chi connectivity index (χ0v) is 9.75. The molecule has 6 heteroatoms. The number of halogens is 1. The van der Waals surface area contributed by atoms with Gasteiger partial charge in [0.2, 0.25) is 0 Å². The third-order valence-electron chi connectivity index (χ3n) is 1.67. The minimum absolute atomic E-state index is 0. The van der Waals surface area contributed by atoms with Crippen LogP contribution in [-0.4, -0.2) is 28.3 Å². The molecule has 0 aliphatic heterocycles. The summed E-state index contributed by atoms with van der Waals surface area (Å²) in [5.41, 5.74) is 5.94. The lowest BCUT2D eigenvalue weighted by Gasteiger charge is -2.05. The number of carbonyl (C=O) groups is 1. The van der Waals surface area contributed by atoms with Crippen molar-refractivity contribution in [3.8, 4) is 0 Å². The van der Waals surface area contributed by atoms with Crippen molar-refractivity contribution in [3.63, 3.8) is 0 Å². The number of hydrogen-bond donors (Lipinski definition) is 2. The fourth-order valence-corrected chi connectivity index (χ4v) is 1.08. The summed E-state index contributed by atoms with van der Waals surface area (Å²) >= 11 is 0. The highest BCUT2D eigenvalue weighted by molar-refractivity contribution is 5.93. The highest BCUT2D eigenvalue weighted by Gasteiger charge is 2.08. The van der Waals surface area contributed by atoms with E-state index < -0.39 is 0 Å². The van der Waals surface area contributed by atoms with E-state index in [0.29, 0.717) is 18.7 Å². The minimum Gasteiger partial charge on any atom is -0.350 e. The quantitative estimate of drug-likeness (QED) is 0.790. The van der Waals surface area contributed by atoms with Gasteiger partial charge in [-0.15, -0.1) is 12.4 Å². The predicted octanol–water partition coefficient (Wildman–Crippen LogP) is 0.402. The standard InChI is InChI=1S/C9H16N4O.ClH/c1-7(2)12-9(14)8-5-11-13(6-8)4-3-10;/h5-7H,3-4,10H2,1-2H3,(H,12,14);1H. The van der Waals surface area contributed by atoms with Crippen molar-refractivity contribution in [2.45, 2.75) is 26.4 Å². The van der Waals surface area contributed by atoms with Gasteiger partial charge in [-0.25, -0.2) is 0 Å². The highest BCUT2D eigenvalue weighted by Crippen LogP contribution is 1.97. The van der Waals surface area contributed by atoms with E-state index in [-0.39, 0.29) is 24.4 Å². The summed E-state index contributed by atoms with van der Waals surface area (Å²) in [6, 6.07) is 0.139. The van der Waals surface area contributed by atoms with Crippen LogP contribution in [-0.2, 0) is 6.54 Å². The lowest BCUT2D eigenvalue weighted by atomic mass is 10.3. The molecule has 1 heterocycles. The second-order valence-corrected chi connectivity index (χ2v) is 3.41. The van der Waals surface area contributed by atoms with Crippen LogP contribution in [0, 0.1) is 0 Å². The SMILES string of the molecule is CC(C)NC(=O)c1cnn(CCN)c1.Cl. The molecule has 0 saturated carbocycles. The molecule has 0 bridgehead atoms. The van der Waals surface area contributed by atoms with Gasteiger partial charge in [-0.2, -0.15) is 5.10 Å². The van der Waals surface area contributed by atoms with Gasteiger partial charge in [0, 0.05) is 18.8 Å². The number of nitrogens with one attached hydrogen (secondary N) is 1. The van der Waals surface area contributed by atoms with Crippen LogP contribution < -0.4 is 11.1 Å². The van der Waals surface area contributed by atoms with E-state index in [9.17, 15) is 4.79 Å². The van der Waals surface area contributed by atoms with E-state index >= 15 is 0 Å². The van der Waals surface area contributed by atoms with Crippen LogP contribution in [0.15, 0.2) is 12.4 Å². The minimum atomic E-state index is -0.0942. The van der Waals surface area contributed by atoms with Crippen LogP contribution >= 0.6 is 12.4 Å². The molecular formula is C9H17ClN4O. The van der Waals surface area contributed by atoms with E-state index in [1.807, 2.05) is 13.8 Å². The average molecular weight is 233 g/mol. The Hall–Kier alpha value is -1.07. The van der Waals surface area contributed by atoms with Crippen LogP contribution in [0.2, 0.25) is 0 Å². The van der Waals surface area contributed by atoms with Crippen molar-refractivity contribution in [2.75, 3.05) is 6.54 Å². The molecule has 1 aromatic heterocycles. The molecule has 1 amide bonds. The van der Waals surface area contributed by atoms with Gasteiger partial charge >= 0.3 is 0 Å². The lowest BCUT2D eigenvalue weighted by molar-refractivity contribution is 0.0943. The van der Waals surface area contributed by atoms with Crippen molar-refractivity contribution < 1.29 is 4.79 Å². The van der Waals surface area contributed by atoms with Crippen LogP contribution in [0.25, 0.3) is 0 Å². The number of nitrogens with zero attached hydrogens (tertiary/aromatic N) is 2. The molecule has 0 saturated heterocycles. The Morgan fingerprint density at radius 3 is 2.87 bits per heavy atom. The zero-order chi connectivity index (χ0) is 10.6. The molecule has 1 rings (SSSR count). The molecule has 0 atom stereocenters. The Morgan fingerprint density at radius 2 is 2.33 bits per heavy atom. The first kappa shape index (κ1) is 13.9. The van der Waals surface area contributed by atoms with Gasteiger partial charge in [0.05, 0.1) is 18.3 Å². The third-order valence-corrected chi connectivity index (χ3v) is 1.67. The van der Waals surface area contributed by atoms with E-state index in [1.54, 1.807) is 17.1 Å². The summed E-state index contributed by atoms with van der Waals surface area (Å²) < 4.78 is 1.66. The molecule has 0 spiro atoms. The Labute approximate surface area is 95.4 Å². The van der Waals surface area contributed by atoms with Gasteiger partial charge in [0.15, 0.2) is 0 Å². The first-order valence-corrected chi connectivity index (χ1v) is 4.67.